The van der Waals surface area contributed by atoms with E-state index in [9.17, 15) is 0 Å². The molecule has 2 heterocycles. The Balaban J connectivity index is 2.05. The topological polar surface area (TPSA) is 43.8 Å². The van der Waals surface area contributed by atoms with Crippen LogP contribution in [-0.2, 0) is 13.0 Å². The van der Waals surface area contributed by atoms with Crippen LogP contribution in [0.4, 0.5) is 0 Å². The number of nitrogens with two attached hydrogens (primary N) is 1. The Morgan fingerprint density at radius 3 is 2.75 bits per heavy atom. The number of aryl methyl sites for hydroxylation is 2. The van der Waals surface area contributed by atoms with Gasteiger partial charge in [-0.15, -0.1) is 0 Å². The lowest BCUT2D eigenvalue weighted by Gasteiger charge is -2.07. The number of hydrogen-bond donors (Lipinski definition) is 1. The second-order valence-electron chi connectivity index (χ2n) is 3.56. The molecule has 0 radical (unpaired) electrons. The molecule has 0 amide bonds. The Hall–Kier alpha value is -1.68. The first-order valence-electron chi connectivity index (χ1n) is 5.11. The van der Waals surface area contributed by atoms with Crippen LogP contribution in [0.5, 0.6) is 0 Å². The smallest absolute Gasteiger partial charge is 0.120 e. The van der Waals surface area contributed by atoms with Crippen LogP contribution in [0.15, 0.2) is 42.9 Å². The van der Waals surface area contributed by atoms with Gasteiger partial charge in [0.1, 0.15) is 4.99 Å². The summed E-state index contributed by atoms with van der Waals surface area (Å²) in [6.07, 6.45) is 6.56. The average Bonchev–Trinajstić information content (AvgIpc) is 2.76. The highest BCUT2D eigenvalue weighted by molar-refractivity contribution is 7.80. The molecular weight excluding hydrogens is 218 g/mol. The van der Waals surface area contributed by atoms with Gasteiger partial charge in [0.25, 0.3) is 0 Å². The molecule has 0 spiro atoms. The Morgan fingerprint density at radius 1 is 1.31 bits per heavy atom. The van der Waals surface area contributed by atoms with Gasteiger partial charge in [-0.25, -0.2) is 0 Å². The zero-order chi connectivity index (χ0) is 11.4. The third kappa shape index (κ3) is 2.46. The van der Waals surface area contributed by atoms with Gasteiger partial charge in [0.2, 0.25) is 0 Å². The van der Waals surface area contributed by atoms with Crippen LogP contribution in [0.3, 0.4) is 0 Å². The molecule has 0 fully saturated rings. The molecule has 0 aliphatic carbocycles. The van der Waals surface area contributed by atoms with Gasteiger partial charge in [0, 0.05) is 25.1 Å². The van der Waals surface area contributed by atoms with Gasteiger partial charge in [0.05, 0.1) is 5.69 Å². The van der Waals surface area contributed by atoms with Crippen LogP contribution in [0.2, 0.25) is 0 Å². The van der Waals surface area contributed by atoms with Gasteiger partial charge in [-0.3, -0.25) is 4.98 Å². The van der Waals surface area contributed by atoms with E-state index in [1.165, 1.54) is 5.56 Å². The van der Waals surface area contributed by atoms with E-state index in [2.05, 4.69) is 9.55 Å². The fourth-order valence-electron chi connectivity index (χ4n) is 1.63. The van der Waals surface area contributed by atoms with E-state index < -0.39 is 0 Å². The molecule has 0 saturated heterocycles. The molecule has 2 N–H and O–H groups in total. The fraction of sp³-hybridized carbons (Fsp3) is 0.167. The van der Waals surface area contributed by atoms with Gasteiger partial charge >= 0.3 is 0 Å². The zero-order valence-electron chi connectivity index (χ0n) is 8.84. The minimum atomic E-state index is 0.444. The summed E-state index contributed by atoms with van der Waals surface area (Å²) >= 11 is 4.98. The van der Waals surface area contributed by atoms with Crippen molar-refractivity contribution in [2.45, 2.75) is 13.0 Å². The molecule has 0 aromatic carbocycles. The van der Waals surface area contributed by atoms with Crippen LogP contribution in [0.25, 0.3) is 0 Å². The molecule has 4 heteroatoms. The quantitative estimate of drug-likeness (QED) is 0.815. The molecule has 0 aliphatic rings. The largest absolute Gasteiger partial charge is 0.388 e. The lowest BCUT2D eigenvalue weighted by Crippen LogP contribution is -2.16. The van der Waals surface area contributed by atoms with E-state index in [4.69, 9.17) is 18.0 Å². The van der Waals surface area contributed by atoms with E-state index in [1.54, 1.807) is 12.4 Å². The average molecular weight is 231 g/mol. The molecule has 0 aliphatic heterocycles. The molecule has 0 saturated carbocycles. The normalized spacial score (nSPS) is 10.2. The van der Waals surface area contributed by atoms with Crippen molar-refractivity contribution in [3.05, 3.63) is 54.1 Å². The van der Waals surface area contributed by atoms with Gasteiger partial charge in [-0.1, -0.05) is 12.2 Å². The second-order valence-corrected chi connectivity index (χ2v) is 4.00. The van der Waals surface area contributed by atoms with Crippen LogP contribution in [0, 0.1) is 0 Å². The van der Waals surface area contributed by atoms with Gasteiger partial charge < -0.3 is 10.3 Å². The molecule has 0 atom stereocenters. The van der Waals surface area contributed by atoms with Crippen LogP contribution in [-0.4, -0.2) is 14.5 Å². The molecule has 16 heavy (non-hydrogen) atoms. The molecule has 2 rings (SSSR count). The number of thiocarbonyl (C=S) groups is 1. The third-order valence-corrected chi connectivity index (χ3v) is 2.68. The van der Waals surface area contributed by atoms with E-state index in [-0.39, 0.29) is 0 Å². The monoisotopic (exact) mass is 231 g/mol. The summed E-state index contributed by atoms with van der Waals surface area (Å²) in [7, 11) is 0. The molecule has 0 bridgehead atoms. The van der Waals surface area contributed by atoms with E-state index in [0.29, 0.717) is 4.99 Å². The molecule has 2 aromatic heterocycles. The Kier molecular flexibility index (Phi) is 3.31. The first-order chi connectivity index (χ1) is 7.77. The Bertz CT molecular complexity index is 476. The third-order valence-electron chi connectivity index (χ3n) is 2.47. The number of rotatable bonds is 4. The summed E-state index contributed by atoms with van der Waals surface area (Å²) < 4.78 is 2.07. The highest BCUT2D eigenvalue weighted by Gasteiger charge is 2.03. The molecule has 0 unspecified atom stereocenters. The minimum Gasteiger partial charge on any atom is -0.388 e. The molecular formula is C12H13N3S. The van der Waals surface area contributed by atoms with Crippen molar-refractivity contribution in [3.63, 3.8) is 0 Å². The van der Waals surface area contributed by atoms with Crippen molar-refractivity contribution < 1.29 is 0 Å². The maximum atomic E-state index is 5.63. The van der Waals surface area contributed by atoms with E-state index in [1.807, 2.05) is 30.5 Å². The Labute approximate surface area is 99.9 Å². The summed E-state index contributed by atoms with van der Waals surface area (Å²) in [5, 5.41) is 0. The summed E-state index contributed by atoms with van der Waals surface area (Å²) in [5.41, 5.74) is 7.81. The number of nitrogens with zero attached hydrogens (tertiary/aromatic N) is 2. The zero-order valence-corrected chi connectivity index (χ0v) is 9.65. The van der Waals surface area contributed by atoms with E-state index >= 15 is 0 Å². The van der Waals surface area contributed by atoms with Crippen molar-refractivity contribution in [1.82, 2.24) is 9.55 Å². The predicted octanol–water partition coefficient (Wildman–Crippen LogP) is 1.76. The van der Waals surface area contributed by atoms with Crippen LogP contribution < -0.4 is 5.73 Å². The standard InChI is InChI=1S/C12H13N3S/c13-12(16)11-2-1-8-15(11)9-5-10-3-6-14-7-4-10/h1-4,6-8H,5,9H2,(H2,13,16). The first-order valence-corrected chi connectivity index (χ1v) is 5.52. The van der Waals surface area contributed by atoms with Crippen molar-refractivity contribution in [2.24, 2.45) is 5.73 Å². The minimum absolute atomic E-state index is 0.444. The molecule has 3 nitrogen and oxygen atoms in total. The Morgan fingerprint density at radius 2 is 2.06 bits per heavy atom. The molecule has 2 aromatic rings. The maximum Gasteiger partial charge on any atom is 0.120 e. The van der Waals surface area contributed by atoms with Crippen molar-refractivity contribution in [1.29, 1.82) is 0 Å². The van der Waals surface area contributed by atoms with Gasteiger partial charge in [-0.2, -0.15) is 0 Å². The second kappa shape index (κ2) is 4.90. The van der Waals surface area contributed by atoms with Crippen molar-refractivity contribution in [2.75, 3.05) is 0 Å². The fourth-order valence-corrected chi connectivity index (χ4v) is 1.82. The summed E-state index contributed by atoms with van der Waals surface area (Å²) in [5.74, 6) is 0. The lowest BCUT2D eigenvalue weighted by atomic mass is 10.2. The van der Waals surface area contributed by atoms with Gasteiger partial charge in [0.15, 0.2) is 0 Å². The predicted molar refractivity (Wildman–Crippen MR) is 68.3 cm³/mol. The first kappa shape index (κ1) is 10.8. The SMILES string of the molecule is NC(=S)c1cccn1CCc1ccncc1. The summed E-state index contributed by atoms with van der Waals surface area (Å²) in [6.45, 7) is 0.879. The van der Waals surface area contributed by atoms with Crippen LogP contribution in [0.1, 0.15) is 11.3 Å². The highest BCUT2D eigenvalue weighted by Crippen LogP contribution is 2.05. The summed E-state index contributed by atoms with van der Waals surface area (Å²) in [6, 6.07) is 7.93. The lowest BCUT2D eigenvalue weighted by molar-refractivity contribution is 0.695. The van der Waals surface area contributed by atoms with Crippen molar-refractivity contribution >= 4 is 17.2 Å². The number of aromatic nitrogens is 2. The van der Waals surface area contributed by atoms with Crippen molar-refractivity contribution in [3.8, 4) is 0 Å². The van der Waals surface area contributed by atoms with E-state index in [0.717, 1.165) is 18.7 Å². The number of hydrogen-bond acceptors (Lipinski definition) is 2. The van der Waals surface area contributed by atoms with Gasteiger partial charge in [-0.05, 0) is 36.2 Å². The number of pyridine rings is 1. The summed E-state index contributed by atoms with van der Waals surface area (Å²) in [4.78, 5) is 4.43. The van der Waals surface area contributed by atoms with Crippen LogP contribution >= 0.6 is 12.2 Å². The molecule has 82 valence electrons. The maximum absolute atomic E-state index is 5.63. The highest BCUT2D eigenvalue weighted by atomic mass is 32.1.